The lowest BCUT2D eigenvalue weighted by Gasteiger charge is -2.21. The Hall–Kier alpha value is -2.86. The van der Waals surface area contributed by atoms with Gasteiger partial charge in [-0.05, 0) is 37.8 Å². The second-order valence-corrected chi connectivity index (χ2v) is 7.88. The van der Waals surface area contributed by atoms with Crippen molar-refractivity contribution in [3.63, 3.8) is 0 Å². The van der Waals surface area contributed by atoms with Gasteiger partial charge in [0.05, 0.1) is 0 Å². The number of aliphatic carboxylic acids is 2. The number of carboxylic acid groups (broad SMARTS) is 2. The standard InChI is InChI=1S/2C9H13N.C6H10O8/c2*1-8(10)7-9-5-3-2-4-6-9;7-1(3(9)5(11)12)2(8)4(10)6(13)14/h2*2-6,8H,7,10H2,1H3;1-4,7-10H,(H,11,12)(H,13,14)/t2*8-;1-,2-,3-,4+/m000/s1. The predicted octanol–water partition coefficient (Wildman–Crippen LogP) is -0.248. The van der Waals surface area contributed by atoms with E-state index in [1.807, 2.05) is 50.2 Å². The Kier molecular flexibility index (Phi) is 15.3. The van der Waals surface area contributed by atoms with Crippen molar-refractivity contribution in [2.75, 3.05) is 0 Å². The Balaban J connectivity index is 0.000000489. The first-order chi connectivity index (χ1) is 15.9. The number of hydrogen-bond donors (Lipinski definition) is 8. The van der Waals surface area contributed by atoms with Crippen molar-refractivity contribution in [2.45, 2.75) is 63.2 Å². The van der Waals surface area contributed by atoms with Gasteiger partial charge in [0, 0.05) is 12.1 Å². The molecule has 0 fully saturated rings. The molecule has 0 saturated heterocycles. The number of carbonyl (C=O) groups is 2. The number of rotatable bonds is 9. The van der Waals surface area contributed by atoms with E-state index in [0.717, 1.165) is 12.8 Å². The summed E-state index contributed by atoms with van der Waals surface area (Å²) in [5.41, 5.74) is 13.9. The van der Waals surface area contributed by atoms with Gasteiger partial charge in [-0.3, -0.25) is 0 Å². The van der Waals surface area contributed by atoms with Gasteiger partial charge in [-0.1, -0.05) is 60.7 Å². The smallest absolute Gasteiger partial charge is 0.335 e. The van der Waals surface area contributed by atoms with Gasteiger partial charge >= 0.3 is 11.9 Å². The van der Waals surface area contributed by atoms with Crippen LogP contribution in [-0.2, 0) is 22.4 Å². The number of carboxylic acids is 2. The molecule has 0 aliphatic carbocycles. The fraction of sp³-hybridized carbons (Fsp3) is 0.417. The number of aliphatic hydroxyl groups excluding tert-OH is 4. The average Bonchev–Trinajstić information content (AvgIpc) is 2.78. The predicted molar refractivity (Wildman–Crippen MR) is 127 cm³/mol. The molecule has 0 aromatic heterocycles. The summed E-state index contributed by atoms with van der Waals surface area (Å²) < 4.78 is 0. The molecule has 0 amide bonds. The minimum Gasteiger partial charge on any atom is -0.479 e. The van der Waals surface area contributed by atoms with Crippen LogP contribution < -0.4 is 11.5 Å². The van der Waals surface area contributed by atoms with Crippen LogP contribution in [0.15, 0.2) is 60.7 Å². The lowest BCUT2D eigenvalue weighted by atomic mass is 10.0. The molecule has 10 N–H and O–H groups in total. The van der Waals surface area contributed by atoms with E-state index >= 15 is 0 Å². The molecule has 0 spiro atoms. The molecule has 0 aliphatic rings. The minimum atomic E-state index is -2.36. The second-order valence-electron chi connectivity index (χ2n) is 7.88. The first-order valence-corrected chi connectivity index (χ1v) is 10.6. The zero-order valence-electron chi connectivity index (χ0n) is 19.3. The summed E-state index contributed by atoms with van der Waals surface area (Å²) in [6.07, 6.45) is -7.34. The van der Waals surface area contributed by atoms with Crippen molar-refractivity contribution in [1.29, 1.82) is 0 Å². The van der Waals surface area contributed by atoms with Crippen LogP contribution in [0.1, 0.15) is 25.0 Å². The summed E-state index contributed by atoms with van der Waals surface area (Å²) in [5, 5.41) is 51.5. The third kappa shape index (κ3) is 13.6. The maximum atomic E-state index is 10.1. The maximum absolute atomic E-state index is 10.1. The van der Waals surface area contributed by atoms with Crippen molar-refractivity contribution in [2.24, 2.45) is 11.5 Å². The molecule has 190 valence electrons. The summed E-state index contributed by atoms with van der Waals surface area (Å²) in [6, 6.07) is 21.1. The van der Waals surface area contributed by atoms with Crippen molar-refractivity contribution in [3.05, 3.63) is 71.8 Å². The SMILES string of the molecule is C[C@H](N)Cc1ccccc1.C[C@H](N)Cc1ccccc1.O=C(O)[C@@H](O)[C@@H](O)[C@H](O)[C@@H](O)C(=O)O. The van der Waals surface area contributed by atoms with Gasteiger partial charge in [-0.15, -0.1) is 0 Å². The molecule has 2 aromatic rings. The highest BCUT2D eigenvalue weighted by Crippen LogP contribution is 2.05. The van der Waals surface area contributed by atoms with Gasteiger partial charge < -0.3 is 42.1 Å². The quantitative estimate of drug-likeness (QED) is 0.236. The van der Waals surface area contributed by atoms with E-state index in [1.54, 1.807) is 0 Å². The lowest BCUT2D eigenvalue weighted by Crippen LogP contribution is -2.49. The Morgan fingerprint density at radius 2 is 0.912 bits per heavy atom. The van der Waals surface area contributed by atoms with Crippen molar-refractivity contribution in [1.82, 2.24) is 0 Å². The van der Waals surface area contributed by atoms with Crippen molar-refractivity contribution < 1.29 is 40.2 Å². The van der Waals surface area contributed by atoms with E-state index in [9.17, 15) is 9.59 Å². The first kappa shape index (κ1) is 31.1. The van der Waals surface area contributed by atoms with Crippen LogP contribution in [0.2, 0.25) is 0 Å². The second kappa shape index (κ2) is 16.7. The number of nitrogens with two attached hydrogens (primary N) is 2. The molecule has 34 heavy (non-hydrogen) atoms. The maximum Gasteiger partial charge on any atom is 0.335 e. The lowest BCUT2D eigenvalue weighted by molar-refractivity contribution is -0.172. The molecule has 10 heteroatoms. The Morgan fingerprint density at radius 1 is 0.647 bits per heavy atom. The van der Waals surface area contributed by atoms with Crippen LogP contribution in [0.4, 0.5) is 0 Å². The van der Waals surface area contributed by atoms with E-state index in [2.05, 4.69) is 24.3 Å². The Morgan fingerprint density at radius 3 is 1.12 bits per heavy atom. The highest BCUT2D eigenvalue weighted by Gasteiger charge is 2.37. The van der Waals surface area contributed by atoms with Gasteiger partial charge in [0.15, 0.2) is 12.2 Å². The van der Waals surface area contributed by atoms with E-state index in [0.29, 0.717) is 0 Å². The Labute approximate surface area is 199 Å². The van der Waals surface area contributed by atoms with Crippen molar-refractivity contribution in [3.8, 4) is 0 Å². The Bertz CT molecular complexity index is 749. The largest absolute Gasteiger partial charge is 0.479 e. The molecule has 0 bridgehead atoms. The molecular weight excluding hydrogens is 444 g/mol. The highest BCUT2D eigenvalue weighted by atomic mass is 16.4. The van der Waals surface area contributed by atoms with Gasteiger partial charge in [0.2, 0.25) is 0 Å². The van der Waals surface area contributed by atoms with Crippen LogP contribution >= 0.6 is 0 Å². The summed E-state index contributed by atoms with van der Waals surface area (Å²) in [4.78, 5) is 20.2. The van der Waals surface area contributed by atoms with E-state index in [4.69, 9.17) is 42.1 Å². The minimum absolute atomic E-state index is 0.266. The third-order valence-corrected chi connectivity index (χ3v) is 4.30. The highest BCUT2D eigenvalue weighted by molar-refractivity contribution is 5.75. The molecule has 0 unspecified atom stereocenters. The molecule has 0 heterocycles. The summed E-state index contributed by atoms with van der Waals surface area (Å²) in [6.45, 7) is 4.04. The third-order valence-electron chi connectivity index (χ3n) is 4.30. The number of hydrogen-bond acceptors (Lipinski definition) is 8. The molecule has 2 rings (SSSR count). The zero-order valence-corrected chi connectivity index (χ0v) is 19.3. The average molecular weight is 481 g/mol. The van der Waals surface area contributed by atoms with E-state index in [-0.39, 0.29) is 12.1 Å². The molecule has 6 atom stereocenters. The van der Waals surface area contributed by atoms with Crippen molar-refractivity contribution >= 4 is 11.9 Å². The normalized spacial score (nSPS) is 15.6. The molecule has 0 radical (unpaired) electrons. The van der Waals surface area contributed by atoms with Crippen LogP contribution in [-0.4, -0.2) is 79.1 Å². The first-order valence-electron chi connectivity index (χ1n) is 10.6. The van der Waals surface area contributed by atoms with Crippen LogP contribution in [0.5, 0.6) is 0 Å². The van der Waals surface area contributed by atoms with Gasteiger partial charge in [-0.2, -0.15) is 0 Å². The van der Waals surface area contributed by atoms with Crippen LogP contribution in [0.25, 0.3) is 0 Å². The molecular formula is C24H36N2O8. The fourth-order valence-corrected chi connectivity index (χ4v) is 2.64. The van der Waals surface area contributed by atoms with Gasteiger partial charge in [-0.25, -0.2) is 9.59 Å². The van der Waals surface area contributed by atoms with Crippen LogP contribution in [0, 0.1) is 0 Å². The summed E-state index contributed by atoms with van der Waals surface area (Å²) in [5.74, 6) is -3.68. The molecule has 0 aliphatic heterocycles. The molecule has 0 saturated carbocycles. The van der Waals surface area contributed by atoms with E-state index in [1.165, 1.54) is 11.1 Å². The zero-order chi connectivity index (χ0) is 26.3. The van der Waals surface area contributed by atoms with E-state index < -0.39 is 36.4 Å². The number of aliphatic hydroxyl groups is 4. The van der Waals surface area contributed by atoms with Gasteiger partial charge in [0.1, 0.15) is 12.2 Å². The fourth-order valence-electron chi connectivity index (χ4n) is 2.64. The summed E-state index contributed by atoms with van der Waals surface area (Å²) in [7, 11) is 0. The van der Waals surface area contributed by atoms with Crippen LogP contribution in [0.3, 0.4) is 0 Å². The molecule has 2 aromatic carbocycles. The molecule has 10 nitrogen and oxygen atoms in total. The number of benzene rings is 2. The topological polar surface area (TPSA) is 208 Å². The monoisotopic (exact) mass is 480 g/mol. The summed E-state index contributed by atoms with van der Waals surface area (Å²) >= 11 is 0. The van der Waals surface area contributed by atoms with Gasteiger partial charge in [0.25, 0.3) is 0 Å².